The molecule has 1 heterocycles. The van der Waals surface area contributed by atoms with Crippen molar-refractivity contribution in [3.63, 3.8) is 0 Å². The van der Waals surface area contributed by atoms with Gasteiger partial charge in [0.1, 0.15) is 0 Å². The average Bonchev–Trinajstić information content (AvgIpc) is 2.12. The summed E-state index contributed by atoms with van der Waals surface area (Å²) >= 11 is 0. The molecular weight excluding hydrogens is 168 g/mol. The highest BCUT2D eigenvalue weighted by Crippen LogP contribution is 2.29. The number of nitrogens with two attached hydrogens (primary N) is 2. The molecule has 1 unspecified atom stereocenters. The van der Waals surface area contributed by atoms with Gasteiger partial charge in [0.05, 0.1) is 0 Å². The van der Waals surface area contributed by atoms with E-state index in [-0.39, 0.29) is 10.7 Å². The summed E-state index contributed by atoms with van der Waals surface area (Å²) in [7, 11) is -0.267. The van der Waals surface area contributed by atoms with Crippen molar-refractivity contribution in [2.75, 3.05) is 0 Å². The molecular formula is C9H10N2S. The van der Waals surface area contributed by atoms with E-state index < -0.39 is 0 Å². The quantitative estimate of drug-likeness (QED) is 0.588. The molecule has 12 heavy (non-hydrogen) atoms. The Balaban J connectivity index is 2.70. The maximum atomic E-state index is 5.88. The number of hydrogen-bond acceptors (Lipinski definition) is 2. The van der Waals surface area contributed by atoms with Gasteiger partial charge in [-0.25, -0.2) is 0 Å². The summed E-state index contributed by atoms with van der Waals surface area (Å²) in [6.45, 7) is 0. The second-order valence-corrected chi connectivity index (χ2v) is 4.08. The lowest BCUT2D eigenvalue weighted by Gasteiger charge is -2.13. The largest absolute Gasteiger partial charge is 0.398 e. The molecule has 2 rings (SSSR count). The average molecular weight is 178 g/mol. The maximum Gasteiger partial charge on any atom is 0.0404 e. The van der Waals surface area contributed by atoms with Gasteiger partial charge < -0.3 is 5.73 Å². The first-order chi connectivity index (χ1) is 5.79. The Labute approximate surface area is 73.9 Å². The van der Waals surface area contributed by atoms with E-state index in [4.69, 9.17) is 10.9 Å². The van der Waals surface area contributed by atoms with E-state index in [1.54, 1.807) is 0 Å². The summed E-state index contributed by atoms with van der Waals surface area (Å²) in [4.78, 5) is 1.14. The van der Waals surface area contributed by atoms with Gasteiger partial charge in [0, 0.05) is 16.2 Å². The van der Waals surface area contributed by atoms with E-state index in [0.717, 1.165) is 16.2 Å². The number of benzene rings is 1. The molecule has 1 aromatic carbocycles. The molecule has 3 heteroatoms. The van der Waals surface area contributed by atoms with Crippen LogP contribution in [0.2, 0.25) is 0 Å². The van der Waals surface area contributed by atoms with Crippen LogP contribution in [0.25, 0.3) is 5.70 Å². The van der Waals surface area contributed by atoms with Crippen molar-refractivity contribution >= 4 is 21.7 Å². The van der Waals surface area contributed by atoms with Gasteiger partial charge in [-0.2, -0.15) is 0 Å². The predicted octanol–water partition coefficient (Wildman–Crippen LogP) is 1.30. The third-order valence-electron chi connectivity index (χ3n) is 1.85. The van der Waals surface area contributed by atoms with Crippen molar-refractivity contribution in [3.8, 4) is 0 Å². The molecule has 0 amide bonds. The Morgan fingerprint density at radius 1 is 1.17 bits per heavy atom. The maximum absolute atomic E-state index is 5.88. The van der Waals surface area contributed by atoms with Crippen LogP contribution in [-0.2, 0) is 0 Å². The fraction of sp³-hybridized carbons (Fsp3) is 0. The Morgan fingerprint density at radius 3 is 2.67 bits per heavy atom. The first-order valence-corrected chi connectivity index (χ1v) is 5.01. The van der Waals surface area contributed by atoms with Gasteiger partial charge in [-0.3, -0.25) is 5.14 Å². The minimum absolute atomic E-state index is 0.267. The molecule has 4 N–H and O–H groups in total. The molecule has 1 aliphatic rings. The number of hydrogen-bond donors (Lipinski definition) is 2. The lowest BCUT2D eigenvalue weighted by atomic mass is 10.1. The predicted molar refractivity (Wildman–Crippen MR) is 54.7 cm³/mol. The zero-order chi connectivity index (χ0) is 8.55. The molecule has 1 aliphatic heterocycles. The molecule has 0 radical (unpaired) electrons. The van der Waals surface area contributed by atoms with Crippen molar-refractivity contribution in [1.29, 1.82) is 0 Å². The SMILES string of the molecule is NC1=CC=S(N)c2ccccc21. The van der Waals surface area contributed by atoms with E-state index in [2.05, 4.69) is 0 Å². The third-order valence-corrected chi connectivity index (χ3v) is 3.14. The minimum atomic E-state index is -0.267. The van der Waals surface area contributed by atoms with Gasteiger partial charge in [-0.05, 0) is 17.5 Å². The van der Waals surface area contributed by atoms with E-state index >= 15 is 0 Å². The standard InChI is InChI=1S/C9H10N2S/c10-8-5-6-12(11)9-4-2-1-3-7(8)9/h1-6H,10-11H2. The van der Waals surface area contributed by atoms with Crippen LogP contribution in [0.5, 0.6) is 0 Å². The molecule has 1 aromatic rings. The van der Waals surface area contributed by atoms with E-state index in [9.17, 15) is 0 Å². The van der Waals surface area contributed by atoms with Crippen LogP contribution in [0.1, 0.15) is 5.56 Å². The van der Waals surface area contributed by atoms with Crippen LogP contribution >= 0.6 is 10.7 Å². The fourth-order valence-electron chi connectivity index (χ4n) is 1.22. The van der Waals surface area contributed by atoms with Crippen LogP contribution in [0.3, 0.4) is 0 Å². The highest BCUT2D eigenvalue weighted by Gasteiger charge is 2.08. The van der Waals surface area contributed by atoms with Crippen molar-refractivity contribution < 1.29 is 0 Å². The monoisotopic (exact) mass is 178 g/mol. The molecule has 0 saturated carbocycles. The first-order valence-electron chi connectivity index (χ1n) is 3.66. The van der Waals surface area contributed by atoms with Crippen LogP contribution in [0.4, 0.5) is 0 Å². The summed E-state index contributed by atoms with van der Waals surface area (Å²) < 4.78 is 0. The zero-order valence-corrected chi connectivity index (χ0v) is 7.34. The molecule has 0 bridgehead atoms. The van der Waals surface area contributed by atoms with Crippen molar-refractivity contribution in [2.24, 2.45) is 10.9 Å². The van der Waals surface area contributed by atoms with Crippen LogP contribution in [0.15, 0.2) is 35.2 Å². The normalized spacial score (nSPS) is 20.8. The van der Waals surface area contributed by atoms with Crippen molar-refractivity contribution in [2.45, 2.75) is 4.90 Å². The van der Waals surface area contributed by atoms with E-state index in [1.165, 1.54) is 0 Å². The van der Waals surface area contributed by atoms with Crippen molar-refractivity contribution in [1.82, 2.24) is 0 Å². The number of fused-ring (bicyclic) bond motifs is 1. The lowest BCUT2D eigenvalue weighted by Crippen LogP contribution is -2.05. The summed E-state index contributed by atoms with van der Waals surface area (Å²) in [6, 6.07) is 7.98. The molecule has 0 aromatic heterocycles. The second kappa shape index (κ2) is 2.77. The molecule has 1 atom stereocenters. The summed E-state index contributed by atoms with van der Waals surface area (Å²) in [6.07, 6.45) is 1.88. The molecule has 0 fully saturated rings. The number of allylic oxidation sites excluding steroid dienone is 1. The molecule has 62 valence electrons. The van der Waals surface area contributed by atoms with Crippen LogP contribution < -0.4 is 10.9 Å². The number of rotatable bonds is 0. The first kappa shape index (κ1) is 7.58. The lowest BCUT2D eigenvalue weighted by molar-refractivity contribution is 1.36. The Hall–Kier alpha value is -1.06. The van der Waals surface area contributed by atoms with E-state index in [0.29, 0.717) is 0 Å². The van der Waals surface area contributed by atoms with Gasteiger partial charge in [0.25, 0.3) is 0 Å². The zero-order valence-electron chi connectivity index (χ0n) is 6.53. The Bertz CT molecular complexity index is 343. The molecule has 0 saturated heterocycles. The van der Waals surface area contributed by atoms with Crippen molar-refractivity contribution in [3.05, 3.63) is 35.9 Å². The van der Waals surface area contributed by atoms with Gasteiger partial charge in [0.2, 0.25) is 0 Å². The topological polar surface area (TPSA) is 52.0 Å². The fourth-order valence-corrected chi connectivity index (χ4v) is 2.34. The second-order valence-electron chi connectivity index (χ2n) is 2.63. The van der Waals surface area contributed by atoms with E-state index in [1.807, 2.05) is 35.7 Å². The van der Waals surface area contributed by atoms with Gasteiger partial charge in [-0.1, -0.05) is 28.9 Å². The molecule has 2 nitrogen and oxygen atoms in total. The highest BCUT2D eigenvalue weighted by atomic mass is 32.2. The van der Waals surface area contributed by atoms with Gasteiger partial charge in [0.15, 0.2) is 0 Å². The van der Waals surface area contributed by atoms with Gasteiger partial charge >= 0.3 is 0 Å². The summed E-state index contributed by atoms with van der Waals surface area (Å²) in [5.41, 5.74) is 7.67. The third kappa shape index (κ3) is 1.07. The Kier molecular flexibility index (Phi) is 1.75. The smallest absolute Gasteiger partial charge is 0.0404 e. The Morgan fingerprint density at radius 2 is 1.92 bits per heavy atom. The van der Waals surface area contributed by atoms with Crippen LogP contribution in [-0.4, -0.2) is 5.37 Å². The molecule has 0 aliphatic carbocycles. The summed E-state index contributed by atoms with van der Waals surface area (Å²) in [5, 5.41) is 7.82. The highest BCUT2D eigenvalue weighted by molar-refractivity contribution is 8.13. The summed E-state index contributed by atoms with van der Waals surface area (Å²) in [5.74, 6) is 0. The minimum Gasteiger partial charge on any atom is -0.398 e. The van der Waals surface area contributed by atoms with Crippen LogP contribution in [0, 0.1) is 0 Å². The molecule has 0 spiro atoms. The van der Waals surface area contributed by atoms with Gasteiger partial charge in [-0.15, -0.1) is 0 Å².